The Morgan fingerprint density at radius 2 is 1.75 bits per heavy atom. The van der Waals surface area contributed by atoms with Crippen LogP contribution in [0.3, 0.4) is 0 Å². The van der Waals surface area contributed by atoms with Gasteiger partial charge in [0.15, 0.2) is 0 Å². The van der Waals surface area contributed by atoms with Crippen LogP contribution in [0.25, 0.3) is 11.0 Å². The first-order chi connectivity index (χ1) is 11.5. The molecule has 1 heterocycles. The number of hydrogen-bond acceptors (Lipinski definition) is 4. The third kappa shape index (κ3) is 2.95. The Morgan fingerprint density at radius 1 is 1.04 bits per heavy atom. The number of fused-ring (bicyclic) bond motifs is 1. The third-order valence-corrected chi connectivity index (χ3v) is 3.52. The van der Waals surface area contributed by atoms with Gasteiger partial charge in [0.25, 0.3) is 5.91 Å². The molecule has 24 heavy (non-hydrogen) atoms. The van der Waals surface area contributed by atoms with Gasteiger partial charge >= 0.3 is 11.1 Å². The lowest BCUT2D eigenvalue weighted by molar-refractivity contribution is 0.102. The Bertz CT molecular complexity index is 1060. The summed E-state index contributed by atoms with van der Waals surface area (Å²) in [6, 6.07) is 8.63. The summed E-state index contributed by atoms with van der Waals surface area (Å²) in [5.41, 5.74) is 5.40. The van der Waals surface area contributed by atoms with Crippen LogP contribution >= 0.6 is 0 Å². The van der Waals surface area contributed by atoms with Gasteiger partial charge in [0, 0.05) is 23.4 Å². The number of hydrogen-bond donors (Lipinski definition) is 4. The molecule has 0 bridgehead atoms. The molecule has 122 valence electrons. The van der Waals surface area contributed by atoms with Crippen LogP contribution in [-0.4, -0.2) is 15.9 Å². The van der Waals surface area contributed by atoms with Gasteiger partial charge in [-0.2, -0.15) is 0 Å². The molecule has 0 saturated heterocycles. The van der Waals surface area contributed by atoms with Gasteiger partial charge in [-0.3, -0.25) is 14.4 Å². The number of rotatable bonds is 3. The molecule has 0 radical (unpaired) electrons. The highest BCUT2D eigenvalue weighted by atomic mass is 19.1. The number of carbonyl (C=O) groups excluding carboxylic acids is 1. The summed E-state index contributed by atoms with van der Waals surface area (Å²) in [5, 5.41) is 2.56. The highest BCUT2D eigenvalue weighted by Gasteiger charge is 2.10. The highest BCUT2D eigenvalue weighted by molar-refractivity contribution is 6.05. The van der Waals surface area contributed by atoms with E-state index in [0.717, 1.165) is 0 Å². The van der Waals surface area contributed by atoms with E-state index >= 15 is 0 Å². The summed E-state index contributed by atoms with van der Waals surface area (Å²) in [7, 11) is 0. The maximum Gasteiger partial charge on any atom is 0.314 e. The molecule has 0 atom stereocenters. The second kappa shape index (κ2) is 6.09. The van der Waals surface area contributed by atoms with Crippen molar-refractivity contribution in [3.63, 3.8) is 0 Å². The molecule has 0 aliphatic rings. The molecule has 0 spiro atoms. The monoisotopic (exact) mass is 328 g/mol. The number of anilines is 1. The van der Waals surface area contributed by atoms with Crippen LogP contribution in [0.15, 0.2) is 46.0 Å². The van der Waals surface area contributed by atoms with E-state index in [9.17, 15) is 18.8 Å². The summed E-state index contributed by atoms with van der Waals surface area (Å²) < 4.78 is 13.7. The average molecular weight is 328 g/mol. The Balaban J connectivity index is 1.91. The minimum Gasteiger partial charge on any atom is -0.326 e. The average Bonchev–Trinajstić information content (AvgIpc) is 2.55. The Morgan fingerprint density at radius 3 is 2.42 bits per heavy atom. The second-order valence-corrected chi connectivity index (χ2v) is 5.13. The molecule has 0 fully saturated rings. The van der Waals surface area contributed by atoms with Gasteiger partial charge in [-0.1, -0.05) is 6.07 Å². The van der Waals surface area contributed by atoms with E-state index < -0.39 is 22.8 Å². The van der Waals surface area contributed by atoms with Gasteiger partial charge in [-0.25, -0.2) is 4.39 Å². The van der Waals surface area contributed by atoms with Crippen molar-refractivity contribution in [1.82, 2.24) is 9.97 Å². The van der Waals surface area contributed by atoms with E-state index in [1.165, 1.54) is 30.3 Å². The van der Waals surface area contributed by atoms with Crippen LogP contribution in [0, 0.1) is 5.82 Å². The van der Waals surface area contributed by atoms with Crippen molar-refractivity contribution in [1.29, 1.82) is 0 Å². The zero-order valence-electron chi connectivity index (χ0n) is 12.4. The van der Waals surface area contributed by atoms with Crippen molar-refractivity contribution in [3.05, 3.63) is 74.0 Å². The number of benzene rings is 2. The van der Waals surface area contributed by atoms with Crippen molar-refractivity contribution in [2.75, 3.05) is 5.32 Å². The molecule has 1 amide bonds. The van der Waals surface area contributed by atoms with E-state index in [1.54, 1.807) is 6.07 Å². The maximum absolute atomic E-state index is 13.7. The Labute approximate surface area is 134 Å². The van der Waals surface area contributed by atoms with Crippen LogP contribution in [0.2, 0.25) is 0 Å². The molecular weight excluding hydrogens is 315 g/mol. The molecule has 8 heteroatoms. The lowest BCUT2D eigenvalue weighted by atomic mass is 10.1. The van der Waals surface area contributed by atoms with E-state index in [4.69, 9.17) is 5.73 Å². The second-order valence-electron chi connectivity index (χ2n) is 5.13. The number of amides is 1. The molecule has 0 aliphatic heterocycles. The van der Waals surface area contributed by atoms with Crippen LogP contribution in [0.4, 0.5) is 10.1 Å². The molecule has 3 rings (SSSR count). The van der Waals surface area contributed by atoms with Crippen LogP contribution in [0.5, 0.6) is 0 Å². The molecule has 0 aliphatic carbocycles. The van der Waals surface area contributed by atoms with Gasteiger partial charge in [-0.05, 0) is 30.3 Å². The van der Waals surface area contributed by atoms with E-state index in [1.807, 2.05) is 0 Å². The number of nitrogens with one attached hydrogen (secondary N) is 3. The fourth-order valence-corrected chi connectivity index (χ4v) is 2.25. The molecular formula is C16H13FN4O3. The summed E-state index contributed by atoms with van der Waals surface area (Å²) in [5.74, 6) is -0.987. The lowest BCUT2D eigenvalue weighted by Crippen LogP contribution is -2.29. The first-order valence-electron chi connectivity index (χ1n) is 7.04. The minimum atomic E-state index is -0.806. The zero-order chi connectivity index (χ0) is 17.3. The van der Waals surface area contributed by atoms with Crippen molar-refractivity contribution >= 4 is 22.6 Å². The summed E-state index contributed by atoms with van der Waals surface area (Å²) >= 11 is 0. The van der Waals surface area contributed by atoms with E-state index in [-0.39, 0.29) is 17.8 Å². The number of carbonyl (C=O) groups is 1. The van der Waals surface area contributed by atoms with Crippen molar-refractivity contribution in [2.45, 2.75) is 6.54 Å². The Hall–Kier alpha value is -3.26. The molecule has 0 saturated carbocycles. The number of nitrogens with two attached hydrogens (primary N) is 1. The summed E-state index contributed by atoms with van der Waals surface area (Å²) in [6.45, 7) is 0.0658. The topological polar surface area (TPSA) is 121 Å². The summed E-state index contributed by atoms with van der Waals surface area (Å²) in [4.78, 5) is 39.6. The van der Waals surface area contributed by atoms with Gasteiger partial charge in [0.2, 0.25) is 0 Å². The standard InChI is InChI=1S/C16H13FN4O3/c17-11-6-10(3-1-9(11)7-18)19-14(22)8-2-4-12-13(5-8)21-16(24)15(23)20-12/h1-6H,7,18H2,(H,19,22)(H,20,23)(H,21,24). The molecule has 2 aromatic carbocycles. The van der Waals surface area contributed by atoms with Gasteiger partial charge in [0.05, 0.1) is 11.0 Å². The van der Waals surface area contributed by atoms with Crippen molar-refractivity contribution < 1.29 is 9.18 Å². The molecule has 5 N–H and O–H groups in total. The van der Waals surface area contributed by atoms with E-state index in [0.29, 0.717) is 16.6 Å². The fourth-order valence-electron chi connectivity index (χ4n) is 2.25. The SMILES string of the molecule is NCc1ccc(NC(=O)c2ccc3[nH]c(=O)c(=O)[nH]c3c2)cc1F. The largest absolute Gasteiger partial charge is 0.326 e. The molecule has 1 aromatic heterocycles. The number of aromatic nitrogens is 2. The predicted molar refractivity (Wildman–Crippen MR) is 87.4 cm³/mol. The van der Waals surface area contributed by atoms with Crippen molar-refractivity contribution in [3.8, 4) is 0 Å². The normalized spacial score (nSPS) is 10.8. The van der Waals surface area contributed by atoms with Crippen LogP contribution in [-0.2, 0) is 6.54 Å². The van der Waals surface area contributed by atoms with Crippen molar-refractivity contribution in [2.24, 2.45) is 5.73 Å². The van der Waals surface area contributed by atoms with E-state index in [2.05, 4.69) is 15.3 Å². The Kier molecular flexibility index (Phi) is 3.97. The maximum atomic E-state index is 13.7. The molecule has 0 unspecified atom stereocenters. The smallest absolute Gasteiger partial charge is 0.314 e. The number of H-pyrrole nitrogens is 2. The van der Waals surface area contributed by atoms with Gasteiger partial charge in [-0.15, -0.1) is 0 Å². The fraction of sp³-hybridized carbons (Fsp3) is 0.0625. The first kappa shape index (κ1) is 15.6. The minimum absolute atomic E-state index is 0.0658. The molecule has 3 aromatic rings. The quantitative estimate of drug-likeness (QED) is 0.537. The lowest BCUT2D eigenvalue weighted by Gasteiger charge is -2.08. The van der Waals surface area contributed by atoms with Gasteiger partial charge in [0.1, 0.15) is 5.82 Å². The molecule has 7 nitrogen and oxygen atoms in total. The van der Waals surface area contributed by atoms with Crippen LogP contribution < -0.4 is 22.2 Å². The van der Waals surface area contributed by atoms with Crippen LogP contribution in [0.1, 0.15) is 15.9 Å². The zero-order valence-corrected chi connectivity index (χ0v) is 12.4. The number of aromatic amines is 2. The summed E-state index contributed by atoms with van der Waals surface area (Å²) in [6.07, 6.45) is 0. The number of halogens is 1. The predicted octanol–water partition coefficient (Wildman–Crippen LogP) is 1.07. The van der Waals surface area contributed by atoms with Gasteiger partial charge < -0.3 is 21.0 Å². The first-order valence-corrected chi connectivity index (χ1v) is 7.04. The third-order valence-electron chi connectivity index (χ3n) is 3.52. The highest BCUT2D eigenvalue weighted by Crippen LogP contribution is 2.16.